The van der Waals surface area contributed by atoms with Crippen molar-refractivity contribution in [2.24, 2.45) is 0 Å². The summed E-state index contributed by atoms with van der Waals surface area (Å²) in [5, 5.41) is 0. The minimum atomic E-state index is -0.0262. The van der Waals surface area contributed by atoms with Gasteiger partial charge in [0.25, 0.3) is 0 Å². The van der Waals surface area contributed by atoms with Crippen molar-refractivity contribution in [2.75, 3.05) is 35.0 Å². The van der Waals surface area contributed by atoms with Crippen LogP contribution in [0.3, 0.4) is 0 Å². The van der Waals surface area contributed by atoms with E-state index in [-0.39, 0.29) is 11.9 Å². The molecule has 0 spiro atoms. The number of rotatable bonds is 4. The number of amides is 1. The number of nitrogens with zero attached hydrogens (tertiary/aromatic N) is 1. The standard InChI is InChI=1S/C22H25NO5/c1-12(24)23-7-6-13-9-19(27-4)22(28-5)21-15-11-18(26-3)17(25-2)10-14(15)8-16(23)20(13)21/h9-11,16H,6-8H2,1-5H3/t16-/m0/s1. The second-order valence-electron chi connectivity index (χ2n) is 7.11. The van der Waals surface area contributed by atoms with Gasteiger partial charge in [0, 0.05) is 19.0 Å². The maximum Gasteiger partial charge on any atom is 0.219 e. The Morgan fingerprint density at radius 1 is 0.929 bits per heavy atom. The minimum Gasteiger partial charge on any atom is -0.493 e. The van der Waals surface area contributed by atoms with Gasteiger partial charge in [-0.2, -0.15) is 0 Å². The Hall–Kier alpha value is -2.89. The fourth-order valence-corrected chi connectivity index (χ4v) is 4.59. The van der Waals surface area contributed by atoms with E-state index >= 15 is 0 Å². The number of carbonyl (C=O) groups excluding carboxylic acids is 1. The summed E-state index contributed by atoms with van der Waals surface area (Å²) in [5.41, 5.74) is 5.47. The molecule has 2 aliphatic rings. The average molecular weight is 383 g/mol. The summed E-state index contributed by atoms with van der Waals surface area (Å²) in [6, 6.07) is 6.02. The highest BCUT2D eigenvalue weighted by atomic mass is 16.5. The topological polar surface area (TPSA) is 57.2 Å². The summed E-state index contributed by atoms with van der Waals surface area (Å²) in [5.74, 6) is 2.81. The number of ether oxygens (including phenoxy) is 4. The number of fused-ring (bicyclic) bond motifs is 2. The minimum absolute atomic E-state index is 0.0262. The van der Waals surface area contributed by atoms with Crippen LogP contribution in [-0.2, 0) is 17.6 Å². The van der Waals surface area contributed by atoms with E-state index < -0.39 is 0 Å². The second kappa shape index (κ2) is 6.93. The van der Waals surface area contributed by atoms with Gasteiger partial charge in [-0.3, -0.25) is 4.79 Å². The zero-order valence-corrected chi connectivity index (χ0v) is 16.9. The van der Waals surface area contributed by atoms with Crippen LogP contribution >= 0.6 is 0 Å². The Morgan fingerprint density at radius 3 is 2.18 bits per heavy atom. The third kappa shape index (κ3) is 2.58. The van der Waals surface area contributed by atoms with Crippen molar-refractivity contribution < 1.29 is 23.7 Å². The summed E-state index contributed by atoms with van der Waals surface area (Å²) in [4.78, 5) is 14.3. The lowest BCUT2D eigenvalue weighted by molar-refractivity contribution is -0.131. The van der Waals surface area contributed by atoms with E-state index in [1.54, 1.807) is 35.4 Å². The number of methoxy groups -OCH3 is 4. The molecule has 0 bridgehead atoms. The molecule has 1 aliphatic carbocycles. The Bertz CT molecular complexity index is 953. The Balaban J connectivity index is 2.06. The van der Waals surface area contributed by atoms with Gasteiger partial charge in [-0.15, -0.1) is 0 Å². The molecule has 28 heavy (non-hydrogen) atoms. The van der Waals surface area contributed by atoms with Crippen LogP contribution in [0.25, 0.3) is 11.1 Å². The SMILES string of the molecule is COc1cc2c(cc1OC)-c1c(OC)c(OC)cc3c1[C@H](C2)N(C(C)=O)CC3. The van der Waals surface area contributed by atoms with E-state index in [1.165, 1.54) is 5.56 Å². The van der Waals surface area contributed by atoms with Crippen LogP contribution in [0.4, 0.5) is 0 Å². The zero-order valence-electron chi connectivity index (χ0n) is 16.9. The van der Waals surface area contributed by atoms with Crippen LogP contribution in [0.5, 0.6) is 23.0 Å². The van der Waals surface area contributed by atoms with Gasteiger partial charge in [0.15, 0.2) is 23.0 Å². The number of carbonyl (C=O) groups is 1. The number of benzene rings is 2. The Kier molecular flexibility index (Phi) is 4.57. The fraction of sp³-hybridized carbons (Fsp3) is 0.409. The normalized spacial score (nSPS) is 16.8. The smallest absolute Gasteiger partial charge is 0.219 e. The first-order valence-electron chi connectivity index (χ1n) is 9.34. The van der Waals surface area contributed by atoms with Crippen molar-refractivity contribution in [3.63, 3.8) is 0 Å². The number of hydrogen-bond donors (Lipinski definition) is 0. The van der Waals surface area contributed by atoms with Gasteiger partial charge in [0.1, 0.15) is 0 Å². The molecule has 1 atom stereocenters. The molecule has 2 aromatic carbocycles. The van der Waals surface area contributed by atoms with Crippen LogP contribution in [0.1, 0.15) is 29.7 Å². The lowest BCUT2D eigenvalue weighted by Gasteiger charge is -2.42. The molecule has 6 nitrogen and oxygen atoms in total. The molecule has 0 unspecified atom stereocenters. The van der Waals surface area contributed by atoms with Crippen molar-refractivity contribution in [3.8, 4) is 34.1 Å². The summed E-state index contributed by atoms with van der Waals surface area (Å²) >= 11 is 0. The van der Waals surface area contributed by atoms with Crippen molar-refractivity contribution in [3.05, 3.63) is 34.9 Å². The van der Waals surface area contributed by atoms with E-state index in [2.05, 4.69) is 0 Å². The zero-order chi connectivity index (χ0) is 20.0. The van der Waals surface area contributed by atoms with Crippen molar-refractivity contribution in [1.29, 1.82) is 0 Å². The highest BCUT2D eigenvalue weighted by Crippen LogP contribution is 2.54. The maximum atomic E-state index is 12.4. The molecule has 148 valence electrons. The van der Waals surface area contributed by atoms with Crippen LogP contribution in [-0.4, -0.2) is 45.8 Å². The Morgan fingerprint density at radius 2 is 1.57 bits per heavy atom. The third-order valence-corrected chi connectivity index (χ3v) is 5.82. The third-order valence-electron chi connectivity index (χ3n) is 5.82. The first-order chi connectivity index (χ1) is 13.5. The molecule has 4 rings (SSSR count). The molecule has 1 heterocycles. The molecular formula is C22H25NO5. The highest BCUT2D eigenvalue weighted by Gasteiger charge is 2.39. The van der Waals surface area contributed by atoms with Crippen LogP contribution in [0.2, 0.25) is 0 Å². The quantitative estimate of drug-likeness (QED) is 0.810. The lowest BCUT2D eigenvalue weighted by atomic mass is 9.76. The first-order valence-corrected chi connectivity index (χ1v) is 9.34. The van der Waals surface area contributed by atoms with Gasteiger partial charge in [0.2, 0.25) is 5.91 Å². The van der Waals surface area contributed by atoms with Gasteiger partial charge >= 0.3 is 0 Å². The molecule has 0 saturated heterocycles. The van der Waals surface area contributed by atoms with E-state index in [0.29, 0.717) is 29.5 Å². The largest absolute Gasteiger partial charge is 0.493 e. The molecule has 2 aromatic rings. The monoisotopic (exact) mass is 383 g/mol. The highest BCUT2D eigenvalue weighted by molar-refractivity contribution is 5.86. The molecule has 0 aromatic heterocycles. The van der Waals surface area contributed by atoms with Crippen LogP contribution in [0, 0.1) is 0 Å². The molecule has 1 aliphatic heterocycles. The molecule has 6 heteroatoms. The summed E-state index contributed by atoms with van der Waals surface area (Å²) < 4.78 is 22.5. The molecule has 0 saturated carbocycles. The van der Waals surface area contributed by atoms with Crippen LogP contribution in [0.15, 0.2) is 18.2 Å². The molecule has 1 amide bonds. The van der Waals surface area contributed by atoms with Crippen molar-refractivity contribution >= 4 is 5.91 Å². The Labute approximate surface area is 165 Å². The van der Waals surface area contributed by atoms with Gasteiger partial charge in [-0.25, -0.2) is 0 Å². The number of hydrogen-bond acceptors (Lipinski definition) is 5. The van der Waals surface area contributed by atoms with Crippen LogP contribution < -0.4 is 18.9 Å². The second-order valence-corrected chi connectivity index (χ2v) is 7.11. The lowest BCUT2D eigenvalue weighted by Crippen LogP contribution is -2.41. The molecule has 0 N–H and O–H groups in total. The van der Waals surface area contributed by atoms with E-state index in [4.69, 9.17) is 18.9 Å². The summed E-state index contributed by atoms with van der Waals surface area (Å²) in [6.45, 7) is 2.33. The van der Waals surface area contributed by atoms with Gasteiger partial charge in [-0.1, -0.05) is 0 Å². The van der Waals surface area contributed by atoms with Gasteiger partial charge < -0.3 is 23.8 Å². The average Bonchev–Trinajstić information content (AvgIpc) is 2.71. The van der Waals surface area contributed by atoms with Gasteiger partial charge in [-0.05, 0) is 53.3 Å². The van der Waals surface area contributed by atoms with E-state index in [9.17, 15) is 4.79 Å². The van der Waals surface area contributed by atoms with E-state index in [0.717, 1.165) is 35.1 Å². The van der Waals surface area contributed by atoms with Gasteiger partial charge in [0.05, 0.1) is 34.5 Å². The van der Waals surface area contributed by atoms with Crippen molar-refractivity contribution in [2.45, 2.75) is 25.8 Å². The molecule has 0 radical (unpaired) electrons. The summed E-state index contributed by atoms with van der Waals surface area (Å²) in [7, 11) is 6.56. The predicted molar refractivity (Wildman–Crippen MR) is 106 cm³/mol. The predicted octanol–water partition coefficient (Wildman–Crippen LogP) is 3.39. The molecular weight excluding hydrogens is 358 g/mol. The summed E-state index contributed by atoms with van der Waals surface area (Å²) in [6.07, 6.45) is 1.52. The molecule has 0 fully saturated rings. The first kappa shape index (κ1) is 18.5. The van der Waals surface area contributed by atoms with E-state index in [1.807, 2.05) is 23.1 Å². The maximum absolute atomic E-state index is 12.4. The fourth-order valence-electron chi connectivity index (χ4n) is 4.59. The van der Waals surface area contributed by atoms with Crippen molar-refractivity contribution in [1.82, 2.24) is 4.90 Å².